The van der Waals surface area contributed by atoms with Gasteiger partial charge in [-0.1, -0.05) is 6.07 Å². The first-order chi connectivity index (χ1) is 16.0. The number of thiophene rings is 1. The zero-order valence-electron chi connectivity index (χ0n) is 18.1. The van der Waals surface area contributed by atoms with Gasteiger partial charge in [0.25, 0.3) is 11.5 Å². The number of aryl methyl sites for hydroxylation is 1. The van der Waals surface area contributed by atoms with Crippen molar-refractivity contribution in [3.63, 3.8) is 0 Å². The smallest absolute Gasteiger partial charge is 0.266 e. The number of nitrogens with two attached hydrogens (primary N) is 1. The van der Waals surface area contributed by atoms with Crippen molar-refractivity contribution in [3.8, 4) is 11.4 Å². The van der Waals surface area contributed by atoms with Crippen LogP contribution in [-0.4, -0.2) is 42.8 Å². The zero-order chi connectivity index (χ0) is 22.7. The van der Waals surface area contributed by atoms with Crippen LogP contribution >= 0.6 is 11.3 Å². The van der Waals surface area contributed by atoms with Crippen LogP contribution in [0.25, 0.3) is 38.0 Å². The largest absolute Gasteiger partial charge is 0.397 e. The highest BCUT2D eigenvalue weighted by atomic mass is 32.1. The predicted octanol–water partition coefficient (Wildman–Crippen LogP) is 3.67. The first-order valence-electron chi connectivity index (χ1n) is 11.0. The molecule has 2 N–H and O–H groups in total. The topological polar surface area (TPSA) is 98.5 Å². The minimum Gasteiger partial charge on any atom is -0.397 e. The molecule has 6 rings (SSSR count). The molecule has 0 atom stereocenters. The van der Waals surface area contributed by atoms with Crippen LogP contribution in [0.4, 0.5) is 5.69 Å². The van der Waals surface area contributed by atoms with Crippen molar-refractivity contribution >= 4 is 49.6 Å². The van der Waals surface area contributed by atoms with Crippen LogP contribution in [0.5, 0.6) is 0 Å². The van der Waals surface area contributed by atoms with Gasteiger partial charge in [0.2, 0.25) is 0 Å². The molecule has 5 aromatic rings. The number of likely N-dealkylation sites (tertiary alicyclic amines) is 1. The SMILES string of the molecule is Cn1ccc2cc(-c3nc4sc(C(=O)N5CCCCC5)c(N)c4c4nccn34)ccc2c1=O. The van der Waals surface area contributed by atoms with Crippen molar-refractivity contribution in [1.29, 1.82) is 0 Å². The van der Waals surface area contributed by atoms with E-state index in [9.17, 15) is 9.59 Å². The number of carbonyl (C=O) groups is 1. The van der Waals surface area contributed by atoms with E-state index in [0.717, 1.165) is 43.3 Å². The average molecular weight is 459 g/mol. The maximum Gasteiger partial charge on any atom is 0.266 e. The van der Waals surface area contributed by atoms with Crippen molar-refractivity contribution in [1.82, 2.24) is 23.8 Å². The summed E-state index contributed by atoms with van der Waals surface area (Å²) < 4.78 is 3.46. The maximum absolute atomic E-state index is 13.2. The number of carbonyl (C=O) groups excluding carboxylic acids is 1. The molecule has 1 aliphatic heterocycles. The Morgan fingerprint density at radius 1 is 1.12 bits per heavy atom. The molecule has 5 heterocycles. The van der Waals surface area contributed by atoms with E-state index < -0.39 is 0 Å². The number of hydrogen-bond acceptors (Lipinski definition) is 6. The third kappa shape index (κ3) is 3.03. The number of rotatable bonds is 2. The summed E-state index contributed by atoms with van der Waals surface area (Å²) in [5.41, 5.74) is 8.44. The monoisotopic (exact) mass is 458 g/mol. The third-order valence-corrected chi connectivity index (χ3v) is 7.49. The van der Waals surface area contributed by atoms with Gasteiger partial charge in [-0.2, -0.15) is 0 Å². The number of hydrogen-bond donors (Lipinski definition) is 1. The summed E-state index contributed by atoms with van der Waals surface area (Å²) >= 11 is 1.33. The highest BCUT2D eigenvalue weighted by Gasteiger charge is 2.26. The second kappa shape index (κ2) is 7.41. The molecule has 4 aromatic heterocycles. The number of benzene rings is 1. The Morgan fingerprint density at radius 3 is 2.76 bits per heavy atom. The Kier molecular flexibility index (Phi) is 4.48. The Morgan fingerprint density at radius 2 is 1.94 bits per heavy atom. The summed E-state index contributed by atoms with van der Waals surface area (Å²) in [6, 6.07) is 7.60. The number of pyridine rings is 1. The molecule has 0 spiro atoms. The zero-order valence-corrected chi connectivity index (χ0v) is 18.9. The fraction of sp³-hybridized carbons (Fsp3) is 0.250. The van der Waals surface area contributed by atoms with Crippen molar-refractivity contribution < 1.29 is 4.79 Å². The van der Waals surface area contributed by atoms with E-state index in [0.29, 0.717) is 37.6 Å². The van der Waals surface area contributed by atoms with Gasteiger partial charge in [-0.05, 0) is 42.8 Å². The number of piperidine rings is 1. The van der Waals surface area contributed by atoms with E-state index in [1.165, 1.54) is 11.3 Å². The van der Waals surface area contributed by atoms with Crippen LogP contribution in [0.2, 0.25) is 0 Å². The van der Waals surface area contributed by atoms with Gasteiger partial charge in [0.1, 0.15) is 15.5 Å². The standard InChI is InChI=1S/C24H22N6O2S/c1-28-11-7-14-13-15(5-6-16(14)23(28)31)20-27-22-17(21-26-8-12-30(20)21)18(25)19(33-22)24(32)29-9-3-2-4-10-29/h5-8,11-13H,2-4,9-10,25H2,1H3. The van der Waals surface area contributed by atoms with E-state index in [4.69, 9.17) is 10.7 Å². The van der Waals surface area contributed by atoms with Crippen LogP contribution in [0.15, 0.2) is 47.7 Å². The van der Waals surface area contributed by atoms with Crippen LogP contribution in [-0.2, 0) is 7.05 Å². The molecular formula is C24H22N6O2S. The summed E-state index contributed by atoms with van der Waals surface area (Å²) in [5, 5.41) is 2.21. The first-order valence-corrected chi connectivity index (χ1v) is 11.8. The van der Waals surface area contributed by atoms with Gasteiger partial charge in [-0.25, -0.2) is 9.97 Å². The van der Waals surface area contributed by atoms with Crippen molar-refractivity contribution in [2.75, 3.05) is 18.8 Å². The van der Waals surface area contributed by atoms with Crippen molar-refractivity contribution in [2.45, 2.75) is 19.3 Å². The predicted molar refractivity (Wildman–Crippen MR) is 131 cm³/mol. The van der Waals surface area contributed by atoms with Gasteiger partial charge in [0.05, 0.1) is 11.1 Å². The summed E-state index contributed by atoms with van der Waals surface area (Å²) in [6.45, 7) is 1.53. The molecular weight excluding hydrogens is 436 g/mol. The molecule has 1 aliphatic rings. The number of aromatic nitrogens is 4. The Balaban J connectivity index is 1.54. The fourth-order valence-electron chi connectivity index (χ4n) is 4.62. The summed E-state index contributed by atoms with van der Waals surface area (Å²) in [7, 11) is 1.74. The Hall–Kier alpha value is -3.72. The van der Waals surface area contributed by atoms with Gasteiger partial charge in [0.15, 0.2) is 5.65 Å². The molecule has 33 heavy (non-hydrogen) atoms. The number of nitrogen functional groups attached to an aromatic ring is 1. The normalized spacial score (nSPS) is 14.5. The lowest BCUT2D eigenvalue weighted by molar-refractivity contribution is 0.0730. The number of anilines is 1. The lowest BCUT2D eigenvalue weighted by Crippen LogP contribution is -2.35. The molecule has 0 saturated carbocycles. The molecule has 9 heteroatoms. The number of amides is 1. The molecule has 1 fully saturated rings. The van der Waals surface area contributed by atoms with Gasteiger partial charge < -0.3 is 15.2 Å². The van der Waals surface area contributed by atoms with Crippen molar-refractivity contribution in [3.05, 3.63) is 58.1 Å². The van der Waals surface area contributed by atoms with Gasteiger partial charge >= 0.3 is 0 Å². The Bertz CT molecular complexity index is 1620. The van der Waals surface area contributed by atoms with Crippen LogP contribution in [0.3, 0.4) is 0 Å². The first kappa shape index (κ1) is 19.9. The number of imidazole rings is 1. The quantitative estimate of drug-likeness (QED) is 0.435. The van der Waals surface area contributed by atoms with Gasteiger partial charge in [-0.15, -0.1) is 11.3 Å². The van der Waals surface area contributed by atoms with E-state index >= 15 is 0 Å². The lowest BCUT2D eigenvalue weighted by Gasteiger charge is -2.26. The minimum atomic E-state index is -0.0397. The second-order valence-electron chi connectivity index (χ2n) is 8.47. The molecule has 1 amide bonds. The molecule has 8 nitrogen and oxygen atoms in total. The minimum absolute atomic E-state index is 0.0250. The lowest BCUT2D eigenvalue weighted by atomic mass is 10.1. The van der Waals surface area contributed by atoms with E-state index in [-0.39, 0.29) is 11.5 Å². The summed E-state index contributed by atoms with van der Waals surface area (Å²) in [4.78, 5) is 38.2. The van der Waals surface area contributed by atoms with Crippen molar-refractivity contribution in [2.24, 2.45) is 7.05 Å². The average Bonchev–Trinajstić information content (AvgIpc) is 3.45. The van der Waals surface area contributed by atoms with E-state index in [1.54, 1.807) is 24.0 Å². The van der Waals surface area contributed by atoms with Crippen LogP contribution in [0, 0.1) is 0 Å². The molecule has 1 saturated heterocycles. The molecule has 0 unspecified atom stereocenters. The molecule has 166 valence electrons. The molecule has 0 aliphatic carbocycles. The summed E-state index contributed by atoms with van der Waals surface area (Å²) in [6.07, 6.45) is 8.51. The number of fused-ring (bicyclic) bond motifs is 4. The van der Waals surface area contributed by atoms with Crippen LogP contribution < -0.4 is 11.3 Å². The number of nitrogens with zero attached hydrogens (tertiary/aromatic N) is 5. The second-order valence-corrected chi connectivity index (χ2v) is 9.47. The molecule has 0 radical (unpaired) electrons. The molecule has 0 bridgehead atoms. The van der Waals surface area contributed by atoms with Gasteiger partial charge in [0, 0.05) is 49.7 Å². The highest BCUT2D eigenvalue weighted by Crippen LogP contribution is 2.38. The van der Waals surface area contributed by atoms with Gasteiger partial charge in [-0.3, -0.25) is 14.0 Å². The fourth-order valence-corrected chi connectivity index (χ4v) is 5.68. The Labute approximate surface area is 192 Å². The molecule has 1 aromatic carbocycles. The van der Waals surface area contributed by atoms with E-state index in [1.807, 2.05) is 39.8 Å². The van der Waals surface area contributed by atoms with E-state index in [2.05, 4.69) is 4.98 Å². The summed E-state index contributed by atoms with van der Waals surface area (Å²) in [5.74, 6) is 0.666. The van der Waals surface area contributed by atoms with Crippen LogP contribution in [0.1, 0.15) is 28.9 Å². The third-order valence-electron chi connectivity index (χ3n) is 6.40. The maximum atomic E-state index is 13.2. The highest BCUT2D eigenvalue weighted by molar-refractivity contribution is 7.21.